The molecule has 3 heterocycles. The number of carbonyl (C=O) groups excluding carboxylic acids is 2. The third kappa shape index (κ3) is 4.78. The molecule has 0 bridgehead atoms. The molecule has 1 aromatic carbocycles. The second kappa shape index (κ2) is 8.68. The number of thiophene rings is 1. The number of carbonyl (C=O) groups is 2. The van der Waals surface area contributed by atoms with E-state index in [0.29, 0.717) is 11.4 Å². The number of rotatable bonds is 5. The number of nitrogens with zero attached hydrogens (tertiary/aromatic N) is 2. The SMILES string of the molecule is O=C(Cc1csc(-c2cc(Br)cs2)n1)NNC(=O)c1cc(-c2ccccc2)n[nH]1. The van der Waals surface area contributed by atoms with Gasteiger partial charge in [0.1, 0.15) is 10.7 Å². The minimum atomic E-state index is -0.476. The van der Waals surface area contributed by atoms with E-state index in [2.05, 4.69) is 42.0 Å². The molecule has 0 fully saturated rings. The number of benzene rings is 1. The Hall–Kier alpha value is -2.82. The average molecular weight is 488 g/mol. The average Bonchev–Trinajstić information content (AvgIpc) is 3.47. The molecule has 10 heteroatoms. The fourth-order valence-corrected chi connectivity index (χ4v) is 4.85. The van der Waals surface area contributed by atoms with E-state index < -0.39 is 5.91 Å². The van der Waals surface area contributed by atoms with Gasteiger partial charge in [-0.05, 0) is 28.1 Å². The monoisotopic (exact) mass is 487 g/mol. The first kappa shape index (κ1) is 19.5. The van der Waals surface area contributed by atoms with E-state index in [-0.39, 0.29) is 18.0 Å². The zero-order chi connectivity index (χ0) is 20.2. The molecule has 0 atom stereocenters. The van der Waals surface area contributed by atoms with E-state index in [1.807, 2.05) is 47.2 Å². The summed E-state index contributed by atoms with van der Waals surface area (Å²) in [4.78, 5) is 29.9. The lowest BCUT2D eigenvalue weighted by molar-refractivity contribution is -0.121. The zero-order valence-corrected chi connectivity index (χ0v) is 18.0. The minimum absolute atomic E-state index is 0.0710. The van der Waals surface area contributed by atoms with Crippen LogP contribution in [0, 0.1) is 0 Å². The summed E-state index contributed by atoms with van der Waals surface area (Å²) >= 11 is 6.48. The second-order valence-electron chi connectivity index (χ2n) is 5.99. The number of halogens is 1. The molecule has 29 heavy (non-hydrogen) atoms. The lowest BCUT2D eigenvalue weighted by Gasteiger charge is -2.04. The smallest absolute Gasteiger partial charge is 0.273 e. The molecule has 0 aliphatic heterocycles. The quantitative estimate of drug-likeness (QED) is 0.370. The summed E-state index contributed by atoms with van der Waals surface area (Å²) in [5.41, 5.74) is 7.24. The molecule has 0 unspecified atom stereocenters. The number of hydrogen-bond acceptors (Lipinski definition) is 6. The lowest BCUT2D eigenvalue weighted by Crippen LogP contribution is -2.42. The van der Waals surface area contributed by atoms with Crippen LogP contribution in [0.5, 0.6) is 0 Å². The van der Waals surface area contributed by atoms with E-state index >= 15 is 0 Å². The van der Waals surface area contributed by atoms with Crippen molar-refractivity contribution >= 4 is 50.4 Å². The van der Waals surface area contributed by atoms with Crippen LogP contribution in [-0.4, -0.2) is 27.0 Å². The molecule has 0 spiro atoms. The first-order valence-corrected chi connectivity index (χ1v) is 11.0. The molecule has 7 nitrogen and oxygen atoms in total. The number of hydrogen-bond donors (Lipinski definition) is 3. The Kier molecular flexibility index (Phi) is 5.84. The van der Waals surface area contributed by atoms with Crippen LogP contribution < -0.4 is 10.9 Å². The van der Waals surface area contributed by atoms with E-state index in [1.165, 1.54) is 11.3 Å². The highest BCUT2D eigenvalue weighted by Crippen LogP contribution is 2.32. The summed E-state index contributed by atoms with van der Waals surface area (Å²) in [6.07, 6.45) is 0.0710. The number of H-pyrrole nitrogens is 1. The van der Waals surface area contributed by atoms with Gasteiger partial charge in [0, 0.05) is 20.8 Å². The maximum Gasteiger partial charge on any atom is 0.287 e. The Morgan fingerprint density at radius 3 is 2.66 bits per heavy atom. The molecule has 3 N–H and O–H groups in total. The topological polar surface area (TPSA) is 99.8 Å². The summed E-state index contributed by atoms with van der Waals surface area (Å²) < 4.78 is 1.00. The Labute approximate surface area is 182 Å². The van der Waals surface area contributed by atoms with Crippen LogP contribution in [0.1, 0.15) is 16.2 Å². The van der Waals surface area contributed by atoms with Crippen LogP contribution in [-0.2, 0) is 11.2 Å². The van der Waals surface area contributed by atoms with Gasteiger partial charge < -0.3 is 0 Å². The summed E-state index contributed by atoms with van der Waals surface area (Å²) in [5, 5.41) is 11.5. The molecule has 0 saturated carbocycles. The summed E-state index contributed by atoms with van der Waals surface area (Å²) in [6, 6.07) is 13.1. The van der Waals surface area contributed by atoms with Gasteiger partial charge in [0.15, 0.2) is 0 Å². The number of hydrazine groups is 1. The van der Waals surface area contributed by atoms with Crippen molar-refractivity contribution in [3.05, 3.63) is 69.1 Å². The highest BCUT2D eigenvalue weighted by molar-refractivity contribution is 9.10. The maximum absolute atomic E-state index is 12.2. The van der Waals surface area contributed by atoms with Crippen molar-refractivity contribution in [2.45, 2.75) is 6.42 Å². The second-order valence-corrected chi connectivity index (χ2v) is 8.67. The normalized spacial score (nSPS) is 10.7. The van der Waals surface area contributed by atoms with Crippen LogP contribution in [0.4, 0.5) is 0 Å². The van der Waals surface area contributed by atoms with E-state index in [1.54, 1.807) is 17.4 Å². The van der Waals surface area contributed by atoms with Crippen molar-refractivity contribution in [1.82, 2.24) is 26.0 Å². The van der Waals surface area contributed by atoms with E-state index in [4.69, 9.17) is 0 Å². The molecule has 4 aromatic rings. The van der Waals surface area contributed by atoms with Gasteiger partial charge in [0.25, 0.3) is 5.91 Å². The highest BCUT2D eigenvalue weighted by Gasteiger charge is 2.14. The number of thiazole rings is 1. The van der Waals surface area contributed by atoms with E-state index in [0.717, 1.165) is 19.9 Å². The minimum Gasteiger partial charge on any atom is -0.273 e. The van der Waals surface area contributed by atoms with Gasteiger partial charge >= 0.3 is 0 Å². The molecule has 4 rings (SSSR count). The van der Waals surface area contributed by atoms with Crippen LogP contribution in [0.25, 0.3) is 21.1 Å². The molecule has 0 aliphatic rings. The number of nitrogens with one attached hydrogen (secondary N) is 3. The van der Waals surface area contributed by atoms with Crippen molar-refractivity contribution < 1.29 is 9.59 Å². The fourth-order valence-electron chi connectivity index (χ4n) is 2.52. The molecular formula is C19H14BrN5O2S2. The van der Waals surface area contributed by atoms with Crippen molar-refractivity contribution in [1.29, 1.82) is 0 Å². The lowest BCUT2D eigenvalue weighted by atomic mass is 10.1. The van der Waals surface area contributed by atoms with Gasteiger partial charge in [-0.15, -0.1) is 22.7 Å². The van der Waals surface area contributed by atoms with Gasteiger partial charge in [0.05, 0.1) is 22.7 Å². The summed E-state index contributed by atoms with van der Waals surface area (Å²) in [7, 11) is 0. The highest BCUT2D eigenvalue weighted by atomic mass is 79.9. The Bertz CT molecular complexity index is 1150. The molecular weight excluding hydrogens is 474 g/mol. The van der Waals surface area contributed by atoms with Crippen molar-refractivity contribution in [3.63, 3.8) is 0 Å². The molecule has 3 aromatic heterocycles. The molecule has 0 aliphatic carbocycles. The Morgan fingerprint density at radius 1 is 1.07 bits per heavy atom. The van der Waals surface area contributed by atoms with Crippen molar-refractivity contribution in [3.8, 4) is 21.1 Å². The molecule has 2 amide bonds. The number of aromatic nitrogens is 3. The van der Waals surface area contributed by atoms with Gasteiger partial charge in [-0.2, -0.15) is 5.10 Å². The molecule has 0 saturated heterocycles. The third-order valence-electron chi connectivity index (χ3n) is 3.88. The van der Waals surface area contributed by atoms with Crippen LogP contribution in [0.3, 0.4) is 0 Å². The molecule has 146 valence electrons. The van der Waals surface area contributed by atoms with Gasteiger partial charge in [-0.25, -0.2) is 4.98 Å². The predicted octanol–water partition coefficient (Wildman–Crippen LogP) is 4.03. The first-order valence-electron chi connectivity index (χ1n) is 8.47. The Balaban J connectivity index is 1.31. The number of aromatic amines is 1. The van der Waals surface area contributed by atoms with Crippen LogP contribution in [0.15, 0.2) is 57.7 Å². The standard InChI is InChI=1S/C19H14BrN5O2S2/c20-12-6-16(28-9-12)19-21-13(10-29-19)7-17(26)24-25-18(27)15-8-14(22-23-15)11-4-2-1-3-5-11/h1-6,8-10H,7H2,(H,22,23)(H,24,26)(H,25,27). The van der Waals surface area contributed by atoms with Crippen molar-refractivity contribution in [2.75, 3.05) is 0 Å². The van der Waals surface area contributed by atoms with Gasteiger partial charge in [0.2, 0.25) is 5.91 Å². The zero-order valence-electron chi connectivity index (χ0n) is 14.8. The number of amides is 2. The summed E-state index contributed by atoms with van der Waals surface area (Å²) in [6.45, 7) is 0. The van der Waals surface area contributed by atoms with E-state index in [9.17, 15) is 9.59 Å². The van der Waals surface area contributed by atoms with Crippen LogP contribution >= 0.6 is 38.6 Å². The van der Waals surface area contributed by atoms with Crippen LogP contribution in [0.2, 0.25) is 0 Å². The predicted molar refractivity (Wildman–Crippen MR) is 116 cm³/mol. The Morgan fingerprint density at radius 2 is 1.90 bits per heavy atom. The largest absolute Gasteiger partial charge is 0.287 e. The maximum atomic E-state index is 12.2. The van der Waals surface area contributed by atoms with Gasteiger partial charge in [-0.3, -0.25) is 25.5 Å². The molecule has 0 radical (unpaired) electrons. The third-order valence-corrected chi connectivity index (χ3v) is 6.63. The fraction of sp³-hybridized carbons (Fsp3) is 0.0526. The summed E-state index contributed by atoms with van der Waals surface area (Å²) in [5.74, 6) is -0.833. The van der Waals surface area contributed by atoms with Gasteiger partial charge in [-0.1, -0.05) is 30.3 Å². The first-order chi connectivity index (χ1) is 14.1. The van der Waals surface area contributed by atoms with Crippen molar-refractivity contribution in [2.24, 2.45) is 0 Å².